The normalized spacial score (nSPS) is 13.6. The Morgan fingerprint density at radius 3 is 2.78 bits per heavy atom. The number of nitriles is 1. The van der Waals surface area contributed by atoms with E-state index in [9.17, 15) is 20.2 Å². The lowest BCUT2D eigenvalue weighted by Gasteiger charge is -2.13. The predicted molar refractivity (Wildman–Crippen MR) is 116 cm³/mol. The number of hydrogen-bond acceptors (Lipinski definition) is 8. The summed E-state index contributed by atoms with van der Waals surface area (Å²) in [5.74, 6) is -0.0955. The highest BCUT2D eigenvalue weighted by Crippen LogP contribution is 2.35. The molecule has 11 heteroatoms. The number of pyridine rings is 1. The van der Waals surface area contributed by atoms with E-state index in [1.165, 1.54) is 24.5 Å². The fourth-order valence-electron chi connectivity index (χ4n) is 3.68. The van der Waals surface area contributed by atoms with Gasteiger partial charge >= 0.3 is 0 Å². The standard InChI is InChI=1S/C21H19N7O3S/c1-27-12-24-26-21(27)32-18-7-6-16(28(30)31)9-17(18)20(29)25-19-14(10-22)8-15(11-23-19)13-4-2-3-5-13/h6-9,11-13H,2-5H2,1H3,(H,23,25,29). The number of rotatable bonds is 6. The minimum absolute atomic E-state index is 0.0813. The molecule has 0 radical (unpaired) electrons. The van der Waals surface area contributed by atoms with Gasteiger partial charge in [0.25, 0.3) is 11.6 Å². The van der Waals surface area contributed by atoms with Crippen LogP contribution in [-0.2, 0) is 7.05 Å². The van der Waals surface area contributed by atoms with Crippen molar-refractivity contribution in [2.24, 2.45) is 7.05 Å². The molecule has 1 saturated carbocycles. The smallest absolute Gasteiger partial charge is 0.270 e. The zero-order valence-electron chi connectivity index (χ0n) is 17.2. The highest BCUT2D eigenvalue weighted by atomic mass is 32.2. The first kappa shape index (κ1) is 21.5. The van der Waals surface area contributed by atoms with Crippen molar-refractivity contribution in [3.63, 3.8) is 0 Å². The minimum atomic E-state index is -0.601. The fraction of sp³-hybridized carbons (Fsp3) is 0.286. The van der Waals surface area contributed by atoms with Gasteiger partial charge in [-0.1, -0.05) is 12.8 Å². The second-order valence-electron chi connectivity index (χ2n) is 7.48. The molecule has 0 spiro atoms. The van der Waals surface area contributed by atoms with Gasteiger partial charge in [0.05, 0.1) is 16.1 Å². The average molecular weight is 449 g/mol. The molecule has 0 aliphatic heterocycles. The van der Waals surface area contributed by atoms with Gasteiger partial charge in [-0.15, -0.1) is 10.2 Å². The van der Waals surface area contributed by atoms with Gasteiger partial charge in [0, 0.05) is 30.3 Å². The molecule has 1 amide bonds. The second-order valence-corrected chi connectivity index (χ2v) is 8.49. The summed E-state index contributed by atoms with van der Waals surface area (Å²) >= 11 is 1.16. The van der Waals surface area contributed by atoms with Gasteiger partial charge in [-0.25, -0.2) is 4.98 Å². The topological polar surface area (TPSA) is 140 Å². The van der Waals surface area contributed by atoms with Crippen molar-refractivity contribution in [3.8, 4) is 6.07 Å². The number of aryl methyl sites for hydroxylation is 1. The number of nitrogens with one attached hydrogen (secondary N) is 1. The molecule has 10 nitrogen and oxygen atoms in total. The molecule has 1 aliphatic rings. The van der Waals surface area contributed by atoms with Crippen LogP contribution < -0.4 is 5.32 Å². The monoisotopic (exact) mass is 449 g/mol. The van der Waals surface area contributed by atoms with Crippen LogP contribution in [0.15, 0.2) is 46.8 Å². The zero-order valence-corrected chi connectivity index (χ0v) is 18.0. The summed E-state index contributed by atoms with van der Waals surface area (Å²) in [5, 5.41) is 31.8. The Kier molecular flexibility index (Phi) is 6.13. The third-order valence-electron chi connectivity index (χ3n) is 5.38. The Balaban J connectivity index is 1.65. The van der Waals surface area contributed by atoms with Crippen molar-refractivity contribution < 1.29 is 9.72 Å². The third kappa shape index (κ3) is 4.45. The molecule has 0 bridgehead atoms. The van der Waals surface area contributed by atoms with E-state index in [1.54, 1.807) is 23.9 Å². The molecular formula is C21H19N7O3S. The van der Waals surface area contributed by atoms with Crippen LogP contribution >= 0.6 is 11.8 Å². The Morgan fingerprint density at radius 1 is 1.34 bits per heavy atom. The van der Waals surface area contributed by atoms with Crippen LogP contribution in [0.2, 0.25) is 0 Å². The lowest BCUT2D eigenvalue weighted by atomic mass is 9.98. The highest BCUT2D eigenvalue weighted by molar-refractivity contribution is 7.99. The largest absolute Gasteiger partial charge is 0.311 e. The number of amides is 1. The first-order valence-corrected chi connectivity index (χ1v) is 10.8. The summed E-state index contributed by atoms with van der Waals surface area (Å²) in [6, 6.07) is 7.88. The summed E-state index contributed by atoms with van der Waals surface area (Å²) in [5.41, 5.74) is 1.11. The van der Waals surface area contributed by atoms with Gasteiger partial charge < -0.3 is 9.88 Å². The summed E-state index contributed by atoms with van der Waals surface area (Å²) in [6.07, 6.45) is 7.65. The number of non-ortho nitro benzene ring substituents is 1. The molecule has 2 heterocycles. The third-order valence-corrected chi connectivity index (χ3v) is 6.51. The van der Waals surface area contributed by atoms with E-state index >= 15 is 0 Å². The molecule has 1 aliphatic carbocycles. The SMILES string of the molecule is Cn1cnnc1Sc1ccc([N+](=O)[O-])cc1C(=O)Nc1ncc(C2CCCC2)cc1C#N. The fourth-order valence-corrected chi connectivity index (χ4v) is 4.56. The molecule has 0 unspecified atom stereocenters. The molecule has 32 heavy (non-hydrogen) atoms. The van der Waals surface area contributed by atoms with Crippen LogP contribution in [0, 0.1) is 21.4 Å². The Bertz CT molecular complexity index is 1230. The lowest BCUT2D eigenvalue weighted by Crippen LogP contribution is -2.16. The Morgan fingerprint density at radius 2 is 2.12 bits per heavy atom. The van der Waals surface area contributed by atoms with Gasteiger partial charge in [-0.2, -0.15) is 5.26 Å². The summed E-state index contributed by atoms with van der Waals surface area (Å²) < 4.78 is 1.67. The lowest BCUT2D eigenvalue weighted by molar-refractivity contribution is -0.384. The molecule has 1 fully saturated rings. The van der Waals surface area contributed by atoms with E-state index < -0.39 is 10.8 Å². The molecule has 1 aromatic carbocycles. The number of nitrogens with zero attached hydrogens (tertiary/aromatic N) is 6. The number of nitro benzene ring substituents is 1. The molecule has 1 N–H and O–H groups in total. The van der Waals surface area contributed by atoms with Gasteiger partial charge in [0.2, 0.25) is 0 Å². The summed E-state index contributed by atoms with van der Waals surface area (Å²) in [4.78, 5) is 28.6. The Labute approximate surface area is 187 Å². The van der Waals surface area contributed by atoms with Crippen LogP contribution in [-0.4, -0.2) is 30.6 Å². The van der Waals surface area contributed by atoms with E-state index in [-0.39, 0.29) is 22.6 Å². The van der Waals surface area contributed by atoms with Crippen molar-refractivity contribution in [1.82, 2.24) is 19.7 Å². The van der Waals surface area contributed by atoms with Crippen LogP contribution in [0.5, 0.6) is 0 Å². The number of anilines is 1. The van der Waals surface area contributed by atoms with Crippen molar-refractivity contribution in [2.75, 3.05) is 5.32 Å². The molecule has 3 aromatic rings. The highest BCUT2D eigenvalue weighted by Gasteiger charge is 2.22. The zero-order chi connectivity index (χ0) is 22.7. The van der Waals surface area contributed by atoms with E-state index in [0.717, 1.165) is 43.0 Å². The van der Waals surface area contributed by atoms with Crippen LogP contribution in [0.3, 0.4) is 0 Å². The number of nitro groups is 1. The first-order valence-electron chi connectivity index (χ1n) is 9.98. The number of hydrogen-bond donors (Lipinski definition) is 1. The number of benzene rings is 1. The molecule has 0 atom stereocenters. The van der Waals surface area contributed by atoms with Crippen molar-refractivity contribution in [3.05, 3.63) is 63.6 Å². The van der Waals surface area contributed by atoms with Crippen LogP contribution in [0.1, 0.15) is 53.1 Å². The van der Waals surface area contributed by atoms with E-state index in [0.29, 0.717) is 16.0 Å². The van der Waals surface area contributed by atoms with Crippen LogP contribution in [0.25, 0.3) is 0 Å². The van der Waals surface area contributed by atoms with Crippen molar-refractivity contribution in [1.29, 1.82) is 5.26 Å². The van der Waals surface area contributed by atoms with Crippen molar-refractivity contribution in [2.45, 2.75) is 41.7 Å². The predicted octanol–water partition coefficient (Wildman–Crippen LogP) is 4.05. The van der Waals surface area contributed by atoms with Gasteiger partial charge in [-0.05, 0) is 48.2 Å². The first-order chi connectivity index (χ1) is 15.5. The molecule has 0 saturated heterocycles. The molecular weight excluding hydrogens is 430 g/mol. The van der Waals surface area contributed by atoms with Crippen LogP contribution in [0.4, 0.5) is 11.5 Å². The molecule has 2 aromatic heterocycles. The average Bonchev–Trinajstić information content (AvgIpc) is 3.46. The second kappa shape index (κ2) is 9.15. The molecule has 162 valence electrons. The maximum atomic E-state index is 13.1. The Hall–Kier alpha value is -3.78. The number of carbonyl (C=O) groups excluding carboxylic acids is 1. The molecule has 4 rings (SSSR count). The summed E-state index contributed by atoms with van der Waals surface area (Å²) in [6.45, 7) is 0. The van der Waals surface area contributed by atoms with Crippen molar-refractivity contribution >= 4 is 29.2 Å². The summed E-state index contributed by atoms with van der Waals surface area (Å²) in [7, 11) is 1.75. The minimum Gasteiger partial charge on any atom is -0.311 e. The van der Waals surface area contributed by atoms with Gasteiger partial charge in [0.15, 0.2) is 11.0 Å². The van der Waals surface area contributed by atoms with E-state index in [4.69, 9.17) is 0 Å². The maximum absolute atomic E-state index is 13.1. The van der Waals surface area contributed by atoms with E-state index in [2.05, 4.69) is 26.6 Å². The van der Waals surface area contributed by atoms with Gasteiger partial charge in [0.1, 0.15) is 12.4 Å². The van der Waals surface area contributed by atoms with Gasteiger partial charge in [-0.3, -0.25) is 14.9 Å². The van der Waals surface area contributed by atoms with E-state index in [1.807, 2.05) is 0 Å². The quantitative estimate of drug-likeness (QED) is 0.439. The number of carbonyl (C=O) groups is 1. The number of aromatic nitrogens is 4. The maximum Gasteiger partial charge on any atom is 0.270 e.